The number of amides is 2. The van der Waals surface area contributed by atoms with E-state index < -0.39 is 0 Å². The van der Waals surface area contributed by atoms with Gasteiger partial charge in [0.2, 0.25) is 5.91 Å². The van der Waals surface area contributed by atoms with Gasteiger partial charge < -0.3 is 19.7 Å². The van der Waals surface area contributed by atoms with Crippen molar-refractivity contribution in [2.24, 2.45) is 5.92 Å². The molecule has 0 saturated carbocycles. The second-order valence-electron chi connectivity index (χ2n) is 6.03. The average Bonchev–Trinajstić information content (AvgIpc) is 2.62. The number of methoxy groups -OCH3 is 1. The zero-order valence-electron chi connectivity index (χ0n) is 15.1. The fraction of sp³-hybridized carbons (Fsp3) is 0.500. The maximum atomic E-state index is 12.9. The van der Waals surface area contributed by atoms with Gasteiger partial charge in [0.1, 0.15) is 5.75 Å². The van der Waals surface area contributed by atoms with E-state index in [9.17, 15) is 14.4 Å². The molecule has 1 saturated heterocycles. The fourth-order valence-corrected chi connectivity index (χ4v) is 3.13. The van der Waals surface area contributed by atoms with Gasteiger partial charge in [0.05, 0.1) is 35.9 Å². The van der Waals surface area contributed by atoms with Crippen molar-refractivity contribution in [1.82, 2.24) is 4.90 Å². The number of nitrogens with zero attached hydrogens (tertiary/aromatic N) is 1. The van der Waals surface area contributed by atoms with Crippen molar-refractivity contribution in [3.63, 3.8) is 0 Å². The maximum absolute atomic E-state index is 12.9. The highest BCUT2D eigenvalue weighted by molar-refractivity contribution is 6.34. The Morgan fingerprint density at radius 3 is 2.46 bits per heavy atom. The molecule has 1 heterocycles. The molecule has 1 aromatic carbocycles. The van der Waals surface area contributed by atoms with Gasteiger partial charge in [0.15, 0.2) is 0 Å². The van der Waals surface area contributed by atoms with Crippen molar-refractivity contribution in [2.45, 2.75) is 26.7 Å². The standard InChI is InChI=1S/C18H23ClN2O5/c1-4-26-18(24)12-5-7-21(8-6-12)17(23)13-9-14(19)15(20-11(2)22)10-16(13)25-3/h9-10,12H,4-8H2,1-3H3,(H,20,22). The summed E-state index contributed by atoms with van der Waals surface area (Å²) in [7, 11) is 1.45. The number of rotatable bonds is 5. The minimum absolute atomic E-state index is 0.174. The van der Waals surface area contributed by atoms with Crippen LogP contribution in [0.25, 0.3) is 0 Å². The van der Waals surface area contributed by atoms with E-state index in [0.29, 0.717) is 49.5 Å². The third-order valence-corrected chi connectivity index (χ3v) is 4.55. The molecule has 0 atom stereocenters. The highest BCUT2D eigenvalue weighted by atomic mass is 35.5. The molecule has 2 rings (SSSR count). The summed E-state index contributed by atoms with van der Waals surface area (Å²) in [5.41, 5.74) is 0.703. The Morgan fingerprint density at radius 2 is 1.92 bits per heavy atom. The average molecular weight is 383 g/mol. The molecule has 1 aromatic rings. The molecule has 1 aliphatic rings. The summed E-state index contributed by atoms with van der Waals surface area (Å²) in [5.74, 6) is -0.545. The summed E-state index contributed by atoms with van der Waals surface area (Å²) in [6, 6.07) is 3.02. The lowest BCUT2D eigenvalue weighted by molar-refractivity contribution is -0.149. The van der Waals surface area contributed by atoms with Crippen molar-refractivity contribution in [1.29, 1.82) is 0 Å². The summed E-state index contributed by atoms with van der Waals surface area (Å²) < 4.78 is 10.3. The van der Waals surface area contributed by atoms with Gasteiger partial charge in [0.25, 0.3) is 5.91 Å². The van der Waals surface area contributed by atoms with Crippen LogP contribution in [0.1, 0.15) is 37.0 Å². The number of piperidine rings is 1. The van der Waals surface area contributed by atoms with Gasteiger partial charge in [-0.3, -0.25) is 14.4 Å². The lowest BCUT2D eigenvalue weighted by Gasteiger charge is -2.31. The number of halogens is 1. The molecular formula is C18H23ClN2O5. The van der Waals surface area contributed by atoms with Gasteiger partial charge in [-0.15, -0.1) is 0 Å². The Hall–Kier alpha value is -2.28. The number of anilines is 1. The molecule has 0 bridgehead atoms. The maximum Gasteiger partial charge on any atom is 0.309 e. The van der Waals surface area contributed by atoms with E-state index in [2.05, 4.69) is 5.32 Å². The number of benzene rings is 1. The third kappa shape index (κ3) is 4.66. The molecule has 1 aliphatic heterocycles. The van der Waals surface area contributed by atoms with Crippen molar-refractivity contribution in [2.75, 3.05) is 32.1 Å². The zero-order chi connectivity index (χ0) is 19.3. The van der Waals surface area contributed by atoms with E-state index >= 15 is 0 Å². The van der Waals surface area contributed by atoms with E-state index in [0.717, 1.165) is 0 Å². The van der Waals surface area contributed by atoms with Gasteiger partial charge in [-0.2, -0.15) is 0 Å². The molecule has 7 nitrogen and oxygen atoms in total. The highest BCUT2D eigenvalue weighted by Crippen LogP contribution is 2.32. The lowest BCUT2D eigenvalue weighted by atomic mass is 9.96. The normalized spacial score (nSPS) is 14.7. The van der Waals surface area contributed by atoms with Crippen LogP contribution in [0.15, 0.2) is 12.1 Å². The number of likely N-dealkylation sites (tertiary alicyclic amines) is 1. The number of nitrogens with one attached hydrogen (secondary N) is 1. The molecular weight excluding hydrogens is 360 g/mol. The number of hydrogen-bond acceptors (Lipinski definition) is 5. The number of ether oxygens (including phenoxy) is 2. The summed E-state index contributed by atoms with van der Waals surface area (Å²) in [6.07, 6.45) is 1.12. The second-order valence-corrected chi connectivity index (χ2v) is 6.44. The molecule has 142 valence electrons. The molecule has 1 fully saturated rings. The summed E-state index contributed by atoms with van der Waals surface area (Å²) in [5, 5.41) is 2.85. The van der Waals surface area contributed by atoms with Crippen molar-refractivity contribution < 1.29 is 23.9 Å². The van der Waals surface area contributed by atoms with E-state index in [1.54, 1.807) is 11.8 Å². The third-order valence-electron chi connectivity index (χ3n) is 4.23. The van der Waals surface area contributed by atoms with Gasteiger partial charge in [-0.05, 0) is 25.8 Å². The van der Waals surface area contributed by atoms with Gasteiger partial charge >= 0.3 is 5.97 Å². The summed E-state index contributed by atoms with van der Waals surface area (Å²) in [4.78, 5) is 37.6. The zero-order valence-corrected chi connectivity index (χ0v) is 15.9. The van der Waals surface area contributed by atoms with E-state index in [1.807, 2.05) is 0 Å². The predicted octanol–water partition coefficient (Wildman–Crippen LogP) is 2.72. The van der Waals surface area contributed by atoms with Crippen molar-refractivity contribution in [3.8, 4) is 5.75 Å². The fourth-order valence-electron chi connectivity index (χ4n) is 2.92. The van der Waals surface area contributed by atoms with Gasteiger partial charge in [-0.25, -0.2) is 0 Å². The van der Waals surface area contributed by atoms with E-state index in [4.69, 9.17) is 21.1 Å². The Kier molecular flexibility index (Phi) is 6.85. The first-order chi connectivity index (χ1) is 12.4. The lowest BCUT2D eigenvalue weighted by Crippen LogP contribution is -2.40. The van der Waals surface area contributed by atoms with E-state index in [-0.39, 0.29) is 28.7 Å². The van der Waals surface area contributed by atoms with Gasteiger partial charge in [-0.1, -0.05) is 11.6 Å². The largest absolute Gasteiger partial charge is 0.496 e. The van der Waals surface area contributed by atoms with Crippen molar-refractivity contribution in [3.05, 3.63) is 22.7 Å². The number of carbonyl (C=O) groups is 3. The summed E-state index contributed by atoms with van der Waals surface area (Å²) in [6.45, 7) is 4.41. The van der Waals surface area contributed by atoms with Crippen LogP contribution in [0.2, 0.25) is 5.02 Å². The first-order valence-corrected chi connectivity index (χ1v) is 8.86. The minimum Gasteiger partial charge on any atom is -0.496 e. The Balaban J connectivity index is 2.13. The molecule has 0 aromatic heterocycles. The Bertz CT molecular complexity index is 699. The minimum atomic E-state index is -0.269. The molecule has 8 heteroatoms. The van der Waals surface area contributed by atoms with Gasteiger partial charge in [0, 0.05) is 26.1 Å². The van der Waals surface area contributed by atoms with Crippen LogP contribution in [0.3, 0.4) is 0 Å². The number of hydrogen-bond donors (Lipinski definition) is 1. The Labute approximate surface area is 157 Å². The van der Waals surface area contributed by atoms with Crippen LogP contribution in [0, 0.1) is 5.92 Å². The first kappa shape index (κ1) is 20.0. The van der Waals surface area contributed by atoms with Crippen LogP contribution in [0.5, 0.6) is 5.75 Å². The Morgan fingerprint density at radius 1 is 1.27 bits per heavy atom. The van der Waals surface area contributed by atoms with Crippen LogP contribution < -0.4 is 10.1 Å². The highest BCUT2D eigenvalue weighted by Gasteiger charge is 2.30. The van der Waals surface area contributed by atoms with Crippen LogP contribution >= 0.6 is 11.6 Å². The van der Waals surface area contributed by atoms with Crippen LogP contribution in [0.4, 0.5) is 5.69 Å². The predicted molar refractivity (Wildman–Crippen MR) is 97.6 cm³/mol. The SMILES string of the molecule is CCOC(=O)C1CCN(C(=O)c2cc(Cl)c(NC(C)=O)cc2OC)CC1. The molecule has 0 radical (unpaired) electrons. The molecule has 0 spiro atoms. The molecule has 2 amide bonds. The van der Waals surface area contributed by atoms with Crippen molar-refractivity contribution >= 4 is 35.1 Å². The monoisotopic (exact) mass is 382 g/mol. The van der Waals surface area contributed by atoms with E-state index in [1.165, 1.54) is 26.2 Å². The number of esters is 1. The second kappa shape index (κ2) is 8.89. The van der Waals surface area contributed by atoms with Crippen LogP contribution in [-0.4, -0.2) is 49.5 Å². The molecule has 0 aliphatic carbocycles. The topological polar surface area (TPSA) is 84.9 Å². The smallest absolute Gasteiger partial charge is 0.309 e. The first-order valence-electron chi connectivity index (χ1n) is 8.48. The molecule has 0 unspecified atom stereocenters. The molecule has 26 heavy (non-hydrogen) atoms. The van der Waals surface area contributed by atoms with Crippen LogP contribution in [-0.2, 0) is 14.3 Å². The quantitative estimate of drug-likeness (QED) is 0.791. The number of carbonyl (C=O) groups excluding carboxylic acids is 3. The molecule has 1 N–H and O–H groups in total. The summed E-state index contributed by atoms with van der Waals surface area (Å²) >= 11 is 6.18.